The van der Waals surface area contributed by atoms with E-state index in [0.29, 0.717) is 0 Å². The van der Waals surface area contributed by atoms with Crippen molar-refractivity contribution in [3.8, 4) is 0 Å². The number of ether oxygens (including phenoxy) is 4. The van der Waals surface area contributed by atoms with Crippen LogP contribution in [0.1, 0.15) is 13.8 Å². The van der Waals surface area contributed by atoms with Crippen LogP contribution >= 0.6 is 0 Å². The Morgan fingerprint density at radius 3 is 2.24 bits per heavy atom. The molecule has 1 rings (SSSR count). The monoisotopic (exact) mass is 316 g/mol. The normalized spacial score (nSPS) is 32.8. The topological polar surface area (TPSA) is 91.3 Å². The molecule has 122 valence electrons. The number of hydrogen-bond acceptors (Lipinski definition) is 7. The molecule has 0 aromatic heterocycles. The van der Waals surface area contributed by atoms with E-state index in [0.717, 1.165) is 21.0 Å². The Balaban J connectivity index is 3.11. The fraction of sp³-hybridized carbons (Fsp3) is 0.818. The molecule has 4 atom stereocenters. The largest absolute Gasteiger partial charge is 0.463 e. The van der Waals surface area contributed by atoms with Gasteiger partial charge in [-0.15, -0.1) is 0 Å². The molecule has 0 saturated carbocycles. The summed E-state index contributed by atoms with van der Waals surface area (Å²) in [5.41, 5.74) is -3.57. The summed E-state index contributed by atoms with van der Waals surface area (Å²) >= 11 is 0. The molecule has 1 heterocycles. The summed E-state index contributed by atoms with van der Waals surface area (Å²) in [6, 6.07) is 0. The van der Waals surface area contributed by atoms with E-state index in [2.05, 4.69) is 14.2 Å². The maximum absolute atomic E-state index is 13.1. The number of esters is 2. The fourth-order valence-electron chi connectivity index (χ4n) is 1.95. The minimum Gasteiger partial charge on any atom is -0.463 e. The second-order valence-electron chi connectivity index (χ2n) is 4.40. The molecule has 1 saturated heterocycles. The van der Waals surface area contributed by atoms with Crippen LogP contribution in [0.3, 0.4) is 0 Å². The van der Waals surface area contributed by atoms with Crippen molar-refractivity contribution in [1.82, 2.24) is 0 Å². The lowest BCUT2D eigenvalue weighted by Crippen LogP contribution is -2.61. The molecule has 0 aliphatic carbocycles. The number of alkyl halides is 3. The van der Waals surface area contributed by atoms with Crippen LogP contribution in [0.4, 0.5) is 13.2 Å². The van der Waals surface area contributed by atoms with Crippen molar-refractivity contribution in [2.45, 2.75) is 44.1 Å². The second-order valence-corrected chi connectivity index (χ2v) is 4.40. The molecule has 1 fully saturated rings. The summed E-state index contributed by atoms with van der Waals surface area (Å²) in [5.74, 6) is -1.83. The number of aliphatic hydroxyl groups is 1. The number of rotatable bonds is 4. The van der Waals surface area contributed by atoms with Crippen LogP contribution in [0.15, 0.2) is 0 Å². The lowest BCUT2D eigenvalue weighted by molar-refractivity contribution is -0.326. The Labute approximate surface area is 117 Å². The quantitative estimate of drug-likeness (QED) is 0.738. The van der Waals surface area contributed by atoms with Gasteiger partial charge in [-0.1, -0.05) is 0 Å². The average molecular weight is 316 g/mol. The predicted molar refractivity (Wildman–Crippen MR) is 58.9 cm³/mol. The highest BCUT2D eigenvalue weighted by atomic mass is 19.4. The first-order chi connectivity index (χ1) is 9.53. The van der Waals surface area contributed by atoms with Crippen molar-refractivity contribution >= 4 is 11.9 Å². The number of methoxy groups -OCH3 is 1. The Morgan fingerprint density at radius 1 is 1.29 bits per heavy atom. The van der Waals surface area contributed by atoms with Crippen molar-refractivity contribution in [2.75, 3.05) is 13.7 Å². The number of halogens is 3. The zero-order valence-electron chi connectivity index (χ0n) is 11.5. The van der Waals surface area contributed by atoms with Crippen molar-refractivity contribution in [2.24, 2.45) is 0 Å². The van der Waals surface area contributed by atoms with Crippen molar-refractivity contribution in [1.29, 1.82) is 0 Å². The Bertz CT molecular complexity index is 411. The van der Waals surface area contributed by atoms with Crippen molar-refractivity contribution < 1.29 is 46.8 Å². The van der Waals surface area contributed by atoms with E-state index < -0.39 is 48.8 Å². The Hall–Kier alpha value is -1.39. The van der Waals surface area contributed by atoms with Gasteiger partial charge in [0.2, 0.25) is 0 Å². The molecule has 0 bridgehead atoms. The van der Waals surface area contributed by atoms with Gasteiger partial charge in [-0.05, 0) is 0 Å². The Kier molecular flexibility index (Phi) is 5.18. The van der Waals surface area contributed by atoms with Crippen LogP contribution in [0.2, 0.25) is 0 Å². The van der Waals surface area contributed by atoms with E-state index in [1.807, 2.05) is 0 Å². The molecule has 21 heavy (non-hydrogen) atoms. The molecular formula is C11H15F3O7. The number of carbonyl (C=O) groups is 2. The number of hydrogen-bond donors (Lipinski definition) is 1. The van der Waals surface area contributed by atoms with E-state index in [1.165, 1.54) is 0 Å². The third kappa shape index (κ3) is 3.44. The zero-order chi connectivity index (χ0) is 16.4. The summed E-state index contributed by atoms with van der Waals surface area (Å²) < 4.78 is 57.9. The summed E-state index contributed by atoms with van der Waals surface area (Å²) in [6.45, 7) is 1.28. The van der Waals surface area contributed by atoms with E-state index in [-0.39, 0.29) is 0 Å². The van der Waals surface area contributed by atoms with Gasteiger partial charge in [0.15, 0.2) is 12.4 Å². The second kappa shape index (κ2) is 6.16. The van der Waals surface area contributed by atoms with Crippen LogP contribution in [-0.4, -0.2) is 61.0 Å². The van der Waals surface area contributed by atoms with Gasteiger partial charge in [-0.25, -0.2) is 0 Å². The van der Waals surface area contributed by atoms with Gasteiger partial charge in [0.25, 0.3) is 5.60 Å². The van der Waals surface area contributed by atoms with Crippen LogP contribution in [0.25, 0.3) is 0 Å². The average Bonchev–Trinajstić information content (AvgIpc) is 2.60. The molecule has 10 heteroatoms. The highest BCUT2D eigenvalue weighted by molar-refractivity contribution is 5.67. The predicted octanol–water partition coefficient (Wildman–Crippen LogP) is 0.146. The van der Waals surface area contributed by atoms with Crippen LogP contribution in [0.5, 0.6) is 0 Å². The van der Waals surface area contributed by atoms with Crippen LogP contribution in [-0.2, 0) is 28.5 Å². The number of carbonyl (C=O) groups excluding carboxylic acids is 2. The molecule has 1 N–H and O–H groups in total. The highest BCUT2D eigenvalue weighted by Crippen LogP contribution is 2.45. The lowest BCUT2D eigenvalue weighted by atomic mass is 9.94. The molecule has 0 spiro atoms. The van der Waals surface area contributed by atoms with E-state index >= 15 is 0 Å². The summed E-state index contributed by atoms with van der Waals surface area (Å²) in [7, 11) is 0.889. The van der Waals surface area contributed by atoms with E-state index in [1.54, 1.807) is 0 Å². The van der Waals surface area contributed by atoms with Gasteiger partial charge in [-0.2, -0.15) is 13.2 Å². The summed E-state index contributed by atoms with van der Waals surface area (Å²) in [5, 5.41) is 9.94. The smallest absolute Gasteiger partial charge is 0.426 e. The highest BCUT2D eigenvalue weighted by Gasteiger charge is 2.72. The third-order valence-electron chi connectivity index (χ3n) is 2.84. The van der Waals surface area contributed by atoms with E-state index in [4.69, 9.17) is 4.74 Å². The summed E-state index contributed by atoms with van der Waals surface area (Å²) in [4.78, 5) is 21.7. The molecule has 1 aliphatic heterocycles. The van der Waals surface area contributed by atoms with Gasteiger partial charge in [-0.3, -0.25) is 9.59 Å². The van der Waals surface area contributed by atoms with Gasteiger partial charge in [0, 0.05) is 21.0 Å². The standard InChI is InChI=1S/C11H15F3O7/c1-5(15)19-4-7-8(20-6(2)16)10(17,11(12,13)14)9(18-3)21-7/h7-9,17H,4H2,1-3H3/t7-,8-,9-,10+/m1/s1. The van der Waals surface area contributed by atoms with Crippen molar-refractivity contribution in [3.05, 3.63) is 0 Å². The zero-order valence-corrected chi connectivity index (χ0v) is 11.5. The molecular weight excluding hydrogens is 301 g/mol. The molecule has 0 aromatic carbocycles. The molecule has 0 unspecified atom stereocenters. The fourth-order valence-corrected chi connectivity index (χ4v) is 1.95. The molecule has 7 nitrogen and oxygen atoms in total. The molecule has 0 aromatic rings. The van der Waals surface area contributed by atoms with Gasteiger partial charge >= 0.3 is 18.1 Å². The Morgan fingerprint density at radius 2 is 1.86 bits per heavy atom. The van der Waals surface area contributed by atoms with Crippen molar-refractivity contribution in [3.63, 3.8) is 0 Å². The first-order valence-corrected chi connectivity index (χ1v) is 5.82. The van der Waals surface area contributed by atoms with Gasteiger partial charge in [0.1, 0.15) is 12.7 Å². The first kappa shape index (κ1) is 17.7. The minimum absolute atomic E-state index is 0.633. The molecule has 1 aliphatic rings. The lowest BCUT2D eigenvalue weighted by Gasteiger charge is -2.33. The molecule has 0 amide bonds. The maximum Gasteiger partial charge on any atom is 0.426 e. The van der Waals surface area contributed by atoms with Crippen LogP contribution < -0.4 is 0 Å². The molecule has 0 radical (unpaired) electrons. The van der Waals surface area contributed by atoms with Gasteiger partial charge in [0.05, 0.1) is 0 Å². The SMILES string of the molecule is CO[C@@H]1O[C@H](COC(C)=O)[C@@H](OC(C)=O)[C@@]1(O)C(F)(F)F. The van der Waals surface area contributed by atoms with Crippen LogP contribution in [0, 0.1) is 0 Å². The summed E-state index contributed by atoms with van der Waals surface area (Å²) in [6.07, 6.45) is -11.0. The first-order valence-electron chi connectivity index (χ1n) is 5.82. The van der Waals surface area contributed by atoms with E-state index in [9.17, 15) is 27.9 Å². The minimum atomic E-state index is -5.20. The maximum atomic E-state index is 13.1. The van der Waals surface area contributed by atoms with Gasteiger partial charge < -0.3 is 24.1 Å². The third-order valence-corrected chi connectivity index (χ3v) is 2.84.